The molecule has 6 nitrogen and oxygen atoms in total. The molecule has 32 heavy (non-hydrogen) atoms. The molecule has 7 heteroatoms. The minimum absolute atomic E-state index is 0.0945. The number of likely N-dealkylation sites (tertiary alicyclic amines) is 1. The number of aromatic nitrogens is 3. The molecule has 0 bridgehead atoms. The van der Waals surface area contributed by atoms with Crippen molar-refractivity contribution >= 4 is 27.7 Å². The van der Waals surface area contributed by atoms with Crippen molar-refractivity contribution in [3.63, 3.8) is 0 Å². The van der Waals surface area contributed by atoms with E-state index in [9.17, 15) is 14.0 Å². The van der Waals surface area contributed by atoms with Crippen molar-refractivity contribution in [2.45, 2.75) is 45.3 Å². The Bertz CT molecular complexity index is 1370. The third-order valence-electron chi connectivity index (χ3n) is 6.47. The molecule has 1 aliphatic rings. The predicted octanol–water partition coefficient (Wildman–Crippen LogP) is 3.94. The van der Waals surface area contributed by atoms with Crippen molar-refractivity contribution in [1.82, 2.24) is 19.2 Å². The van der Waals surface area contributed by atoms with Crippen LogP contribution < -0.4 is 5.56 Å². The van der Waals surface area contributed by atoms with Crippen molar-refractivity contribution in [2.75, 3.05) is 6.54 Å². The largest absolute Gasteiger partial charge is 0.338 e. The third-order valence-corrected chi connectivity index (χ3v) is 6.47. The summed E-state index contributed by atoms with van der Waals surface area (Å²) in [5.41, 5.74) is 1.42. The summed E-state index contributed by atoms with van der Waals surface area (Å²) in [7, 11) is 0. The van der Waals surface area contributed by atoms with Crippen LogP contribution in [0.4, 0.5) is 4.39 Å². The molecular formula is C25H25FN4O2. The topological polar surface area (TPSA) is 60.1 Å². The van der Waals surface area contributed by atoms with Gasteiger partial charge in [-0.2, -0.15) is 5.10 Å². The van der Waals surface area contributed by atoms with Gasteiger partial charge in [0.05, 0.1) is 12.7 Å². The second kappa shape index (κ2) is 8.22. The van der Waals surface area contributed by atoms with Gasteiger partial charge in [0, 0.05) is 34.4 Å². The van der Waals surface area contributed by atoms with Gasteiger partial charge in [-0.25, -0.2) is 9.07 Å². The summed E-state index contributed by atoms with van der Waals surface area (Å²) >= 11 is 0. The first-order valence-electron chi connectivity index (χ1n) is 11.0. The number of fused-ring (bicyclic) bond motifs is 3. The second-order valence-electron chi connectivity index (χ2n) is 8.50. The zero-order valence-electron chi connectivity index (χ0n) is 18.0. The Morgan fingerprint density at radius 3 is 2.69 bits per heavy atom. The lowest BCUT2D eigenvalue weighted by Crippen LogP contribution is -2.45. The Kier molecular flexibility index (Phi) is 5.25. The molecule has 0 saturated carbocycles. The molecule has 2 aromatic heterocycles. The summed E-state index contributed by atoms with van der Waals surface area (Å²) < 4.78 is 17.5. The minimum atomic E-state index is -0.340. The fraction of sp³-hybridized carbons (Fsp3) is 0.320. The number of nitrogens with zero attached hydrogens (tertiary/aromatic N) is 4. The van der Waals surface area contributed by atoms with Crippen LogP contribution in [0.2, 0.25) is 0 Å². The van der Waals surface area contributed by atoms with E-state index < -0.39 is 0 Å². The molecule has 1 amide bonds. The molecule has 1 unspecified atom stereocenters. The van der Waals surface area contributed by atoms with E-state index in [0.717, 1.165) is 30.2 Å². The van der Waals surface area contributed by atoms with Gasteiger partial charge in [0.15, 0.2) is 0 Å². The highest BCUT2D eigenvalue weighted by Gasteiger charge is 2.25. The van der Waals surface area contributed by atoms with E-state index in [0.29, 0.717) is 23.0 Å². The molecule has 1 aliphatic heterocycles. The maximum absolute atomic E-state index is 14.4. The van der Waals surface area contributed by atoms with Gasteiger partial charge in [-0.05, 0) is 38.3 Å². The Morgan fingerprint density at radius 1 is 1.09 bits per heavy atom. The lowest BCUT2D eigenvalue weighted by molar-refractivity contribution is -0.135. The molecule has 0 aliphatic carbocycles. The van der Waals surface area contributed by atoms with E-state index in [-0.39, 0.29) is 36.4 Å². The fourth-order valence-corrected chi connectivity index (χ4v) is 4.76. The van der Waals surface area contributed by atoms with Crippen molar-refractivity contribution < 1.29 is 9.18 Å². The van der Waals surface area contributed by atoms with Gasteiger partial charge in [0.1, 0.15) is 17.9 Å². The summed E-state index contributed by atoms with van der Waals surface area (Å²) in [6, 6.07) is 14.4. The van der Waals surface area contributed by atoms with E-state index in [2.05, 4.69) is 5.10 Å². The molecule has 1 saturated heterocycles. The zero-order valence-corrected chi connectivity index (χ0v) is 18.0. The monoisotopic (exact) mass is 432 g/mol. The number of benzene rings is 2. The number of rotatable bonds is 4. The van der Waals surface area contributed by atoms with Gasteiger partial charge >= 0.3 is 0 Å². The van der Waals surface area contributed by atoms with Crippen LogP contribution in [0.3, 0.4) is 0 Å². The van der Waals surface area contributed by atoms with Crippen molar-refractivity contribution in [3.8, 4) is 0 Å². The van der Waals surface area contributed by atoms with Gasteiger partial charge in [0.25, 0.3) is 5.56 Å². The van der Waals surface area contributed by atoms with Gasteiger partial charge in [-0.3, -0.25) is 9.59 Å². The summed E-state index contributed by atoms with van der Waals surface area (Å²) in [5, 5.41) is 5.91. The first-order valence-corrected chi connectivity index (χ1v) is 11.0. The molecule has 1 fully saturated rings. The number of halogens is 1. The van der Waals surface area contributed by atoms with E-state index in [4.69, 9.17) is 0 Å². The highest BCUT2D eigenvalue weighted by molar-refractivity contribution is 6.07. The van der Waals surface area contributed by atoms with Crippen LogP contribution >= 0.6 is 0 Å². The molecule has 1 atom stereocenters. The van der Waals surface area contributed by atoms with Crippen molar-refractivity contribution in [1.29, 1.82) is 0 Å². The first kappa shape index (κ1) is 20.4. The molecule has 3 heterocycles. The molecule has 4 aromatic rings. The second-order valence-corrected chi connectivity index (χ2v) is 8.50. The van der Waals surface area contributed by atoms with E-state index in [1.54, 1.807) is 24.4 Å². The normalized spacial score (nSPS) is 16.7. The molecule has 0 N–H and O–H groups in total. The number of carbonyl (C=O) groups is 1. The Hall–Kier alpha value is -3.48. The van der Waals surface area contributed by atoms with Crippen LogP contribution in [0.15, 0.2) is 59.5 Å². The van der Waals surface area contributed by atoms with Crippen LogP contribution in [0.25, 0.3) is 21.8 Å². The average molecular weight is 432 g/mol. The standard InChI is InChI=1S/C25H25FN4O2/c1-17-8-6-7-13-28(17)23(31)16-30-25(32)24-20(14-27-30)19-10-3-5-12-22(19)29(24)15-18-9-2-4-11-21(18)26/h2-5,9-12,14,17H,6-8,13,15-16H2,1H3. The molecule has 5 rings (SSSR count). The first-order chi connectivity index (χ1) is 15.5. The number of para-hydroxylation sites is 1. The smallest absolute Gasteiger partial charge is 0.291 e. The minimum Gasteiger partial charge on any atom is -0.338 e. The lowest BCUT2D eigenvalue weighted by Gasteiger charge is -2.33. The summed E-state index contributed by atoms with van der Waals surface area (Å²) in [6.07, 6.45) is 4.72. The van der Waals surface area contributed by atoms with Gasteiger partial charge < -0.3 is 9.47 Å². The van der Waals surface area contributed by atoms with Crippen LogP contribution in [0.1, 0.15) is 31.7 Å². The van der Waals surface area contributed by atoms with Gasteiger partial charge in [-0.1, -0.05) is 36.4 Å². The highest BCUT2D eigenvalue weighted by atomic mass is 19.1. The number of amides is 1. The Balaban J connectivity index is 1.61. The zero-order chi connectivity index (χ0) is 22.2. The van der Waals surface area contributed by atoms with Crippen LogP contribution in [-0.4, -0.2) is 37.7 Å². The maximum atomic E-state index is 14.4. The highest BCUT2D eigenvalue weighted by Crippen LogP contribution is 2.27. The summed E-state index contributed by atoms with van der Waals surface area (Å²) in [6.45, 7) is 2.88. The quantitative estimate of drug-likeness (QED) is 0.491. The van der Waals surface area contributed by atoms with Crippen LogP contribution in [-0.2, 0) is 17.9 Å². The molecule has 0 spiro atoms. The lowest BCUT2D eigenvalue weighted by atomic mass is 10.0. The van der Waals surface area contributed by atoms with Gasteiger partial charge in [0.2, 0.25) is 5.91 Å². The summed E-state index contributed by atoms with van der Waals surface area (Å²) in [4.78, 5) is 28.3. The average Bonchev–Trinajstić information content (AvgIpc) is 3.12. The van der Waals surface area contributed by atoms with Crippen molar-refractivity contribution in [2.24, 2.45) is 0 Å². The number of hydrogen-bond acceptors (Lipinski definition) is 3. The Labute approximate surface area is 184 Å². The van der Waals surface area contributed by atoms with E-state index >= 15 is 0 Å². The number of piperidine rings is 1. The van der Waals surface area contributed by atoms with Crippen LogP contribution in [0, 0.1) is 5.82 Å². The van der Waals surface area contributed by atoms with E-state index in [1.807, 2.05) is 40.7 Å². The molecule has 0 radical (unpaired) electrons. The van der Waals surface area contributed by atoms with Crippen LogP contribution in [0.5, 0.6) is 0 Å². The van der Waals surface area contributed by atoms with Crippen molar-refractivity contribution in [3.05, 3.63) is 76.5 Å². The maximum Gasteiger partial charge on any atom is 0.291 e. The molecule has 2 aromatic carbocycles. The van der Waals surface area contributed by atoms with Gasteiger partial charge in [-0.15, -0.1) is 0 Å². The van der Waals surface area contributed by atoms with E-state index in [1.165, 1.54) is 10.7 Å². The third kappa shape index (κ3) is 3.47. The SMILES string of the molecule is CC1CCCCN1C(=O)Cn1ncc2c3ccccc3n(Cc3ccccc3F)c2c1=O. The fourth-order valence-electron chi connectivity index (χ4n) is 4.76. The molecular weight excluding hydrogens is 407 g/mol. The number of hydrogen-bond donors (Lipinski definition) is 0. The summed E-state index contributed by atoms with van der Waals surface area (Å²) in [5.74, 6) is -0.412. The number of carbonyl (C=O) groups excluding carboxylic acids is 1. The Morgan fingerprint density at radius 2 is 1.88 bits per heavy atom. The predicted molar refractivity (Wildman–Crippen MR) is 122 cm³/mol. The molecule has 164 valence electrons.